The van der Waals surface area contributed by atoms with E-state index >= 15 is 0 Å². The number of hydrogen-bond acceptors (Lipinski definition) is 9. The van der Waals surface area contributed by atoms with E-state index in [1.165, 1.54) is 19.2 Å². The molecule has 242 valence electrons. The van der Waals surface area contributed by atoms with Crippen LogP contribution in [0.3, 0.4) is 0 Å². The lowest BCUT2D eigenvalue weighted by molar-refractivity contribution is -0.265. The molecule has 2 unspecified atom stereocenters. The van der Waals surface area contributed by atoms with E-state index < -0.39 is 64.2 Å². The maximum Gasteiger partial charge on any atom is 0.443 e. The monoisotopic (exact) mass is 668 g/mol. The lowest BCUT2D eigenvalue weighted by Crippen LogP contribution is -2.51. The average Bonchev–Trinajstić information content (AvgIpc) is 3.81. The van der Waals surface area contributed by atoms with Crippen molar-refractivity contribution in [3.05, 3.63) is 52.4 Å². The largest absolute Gasteiger partial charge is 0.494 e. The van der Waals surface area contributed by atoms with Gasteiger partial charge >= 0.3 is 12.4 Å². The fourth-order valence-corrected chi connectivity index (χ4v) is 6.42. The van der Waals surface area contributed by atoms with Gasteiger partial charge in [0.05, 0.1) is 30.3 Å². The SMILES string of the molecule is COc1cc(C(=O)NCC(O)(c2cc3c(c(-c4cnc(C(F)(F)F)s4)n2)OC2C[C@@]32C(N)=O)C(F)(F)F)cc2cn(C3CC3)nc12. The molecule has 46 heavy (non-hydrogen) atoms. The zero-order chi connectivity index (χ0) is 33.0. The molecular weight excluding hydrogens is 646 g/mol. The van der Waals surface area contributed by atoms with Crippen molar-refractivity contribution in [2.75, 3.05) is 13.7 Å². The topological polar surface area (TPSA) is 154 Å². The molecule has 1 aromatic carbocycles. The second-order valence-electron chi connectivity index (χ2n) is 11.4. The van der Waals surface area contributed by atoms with Crippen LogP contribution in [0.5, 0.6) is 11.5 Å². The molecule has 2 saturated carbocycles. The second kappa shape index (κ2) is 9.78. The Morgan fingerprint density at radius 1 is 1.22 bits per heavy atom. The van der Waals surface area contributed by atoms with Gasteiger partial charge in [0, 0.05) is 35.3 Å². The highest BCUT2D eigenvalue weighted by Crippen LogP contribution is 2.61. The van der Waals surface area contributed by atoms with Crippen LogP contribution in [0.4, 0.5) is 26.3 Å². The van der Waals surface area contributed by atoms with Crippen LogP contribution in [-0.2, 0) is 22.0 Å². The summed E-state index contributed by atoms with van der Waals surface area (Å²) in [6.07, 6.45) is -6.89. The standard InChI is InChI=1S/C28H22F6N6O5S/c1-44-15-5-11(4-12-9-40(13-2-3-13)39-19(12)15)22(41)37-10-26(43,28(32,33)34)17-6-14-21(45-18-7-25(14,18)23(35)42)20(38-17)16-8-36-24(46-16)27(29,30)31/h4-6,8-9,13,18,43H,2-3,7,10H2,1H3,(H2,35,42)(H,37,41)/t18?,25-,26?/m1/s1. The molecule has 4 heterocycles. The molecule has 2 aliphatic carbocycles. The number of methoxy groups -OCH3 is 1. The number of halogens is 6. The fraction of sp³-hybridized carbons (Fsp3) is 0.393. The Balaban J connectivity index is 1.27. The molecule has 4 N–H and O–H groups in total. The first-order valence-electron chi connectivity index (χ1n) is 13.8. The summed E-state index contributed by atoms with van der Waals surface area (Å²) in [5.41, 5.74) is -1.25. The fourth-order valence-electron chi connectivity index (χ4n) is 5.65. The van der Waals surface area contributed by atoms with Crippen LogP contribution in [0.1, 0.15) is 51.9 Å². The molecule has 18 heteroatoms. The molecule has 7 rings (SSSR count). The number of aromatic nitrogens is 4. The van der Waals surface area contributed by atoms with E-state index in [2.05, 4.69) is 20.4 Å². The van der Waals surface area contributed by atoms with E-state index in [1.54, 1.807) is 10.9 Å². The number of rotatable bonds is 8. The van der Waals surface area contributed by atoms with Gasteiger partial charge in [-0.2, -0.15) is 31.4 Å². The molecule has 3 aromatic heterocycles. The molecule has 2 fully saturated rings. The van der Waals surface area contributed by atoms with Crippen molar-refractivity contribution in [3.63, 3.8) is 0 Å². The number of nitrogens with two attached hydrogens (primary N) is 1. The highest BCUT2D eigenvalue weighted by atomic mass is 32.1. The van der Waals surface area contributed by atoms with Crippen molar-refractivity contribution in [2.45, 2.75) is 54.8 Å². The molecule has 2 amide bonds. The first-order chi connectivity index (χ1) is 21.6. The van der Waals surface area contributed by atoms with Gasteiger partial charge < -0.3 is 25.6 Å². The number of pyridine rings is 1. The van der Waals surface area contributed by atoms with Crippen LogP contribution in [0.15, 0.2) is 30.6 Å². The van der Waals surface area contributed by atoms with E-state index in [0.29, 0.717) is 10.9 Å². The predicted molar refractivity (Wildman–Crippen MR) is 147 cm³/mol. The normalized spacial score (nSPS) is 21.7. The Labute approximate surface area is 258 Å². The number of thiazole rings is 1. The van der Waals surface area contributed by atoms with Crippen LogP contribution >= 0.6 is 11.3 Å². The van der Waals surface area contributed by atoms with Gasteiger partial charge in [-0.15, -0.1) is 11.3 Å². The van der Waals surface area contributed by atoms with Crippen LogP contribution in [0, 0.1) is 0 Å². The minimum Gasteiger partial charge on any atom is -0.494 e. The van der Waals surface area contributed by atoms with Crippen LogP contribution in [0.25, 0.3) is 21.5 Å². The number of ether oxygens (including phenoxy) is 2. The average molecular weight is 669 g/mol. The smallest absolute Gasteiger partial charge is 0.443 e. The minimum absolute atomic E-state index is 0.0114. The van der Waals surface area contributed by atoms with E-state index in [4.69, 9.17) is 15.2 Å². The molecule has 1 aliphatic heterocycles. The molecule has 3 aliphatic rings. The highest BCUT2D eigenvalue weighted by molar-refractivity contribution is 7.15. The first kappa shape index (κ1) is 30.2. The Kier molecular flexibility index (Phi) is 6.42. The number of primary amides is 1. The van der Waals surface area contributed by atoms with E-state index in [9.17, 15) is 41.0 Å². The predicted octanol–water partition coefficient (Wildman–Crippen LogP) is 3.98. The number of carbonyl (C=O) groups is 2. The summed E-state index contributed by atoms with van der Waals surface area (Å²) >= 11 is 0.0902. The number of alkyl halides is 6. The summed E-state index contributed by atoms with van der Waals surface area (Å²) in [7, 11) is 1.35. The van der Waals surface area contributed by atoms with E-state index in [1.807, 2.05) is 0 Å². The Morgan fingerprint density at radius 2 is 1.96 bits per heavy atom. The number of amides is 2. The van der Waals surface area contributed by atoms with Gasteiger partial charge in [0.2, 0.25) is 11.5 Å². The summed E-state index contributed by atoms with van der Waals surface area (Å²) in [5, 5.41) is 17.0. The highest BCUT2D eigenvalue weighted by Gasteiger charge is 2.69. The van der Waals surface area contributed by atoms with Gasteiger partial charge in [-0.3, -0.25) is 14.3 Å². The number of nitrogens with one attached hydrogen (secondary N) is 1. The number of nitrogens with zero attached hydrogens (tertiary/aromatic N) is 4. The number of benzene rings is 1. The van der Waals surface area contributed by atoms with Crippen molar-refractivity contribution in [1.29, 1.82) is 0 Å². The van der Waals surface area contributed by atoms with E-state index in [-0.39, 0.29) is 51.3 Å². The Bertz CT molecular complexity index is 1940. The van der Waals surface area contributed by atoms with Gasteiger partial charge in [-0.25, -0.2) is 9.97 Å². The first-order valence-corrected chi connectivity index (χ1v) is 14.6. The molecule has 11 nitrogen and oxygen atoms in total. The summed E-state index contributed by atoms with van der Waals surface area (Å²) in [4.78, 5) is 32.5. The molecule has 0 saturated heterocycles. The van der Waals surface area contributed by atoms with Crippen molar-refractivity contribution < 1.29 is 50.5 Å². The van der Waals surface area contributed by atoms with Crippen LogP contribution in [-0.4, -0.2) is 62.6 Å². The zero-order valence-corrected chi connectivity index (χ0v) is 24.3. The van der Waals surface area contributed by atoms with Crippen molar-refractivity contribution >= 4 is 34.1 Å². The maximum absolute atomic E-state index is 14.7. The maximum atomic E-state index is 14.7. The molecule has 0 bridgehead atoms. The quantitative estimate of drug-likeness (QED) is 0.238. The van der Waals surface area contributed by atoms with Crippen molar-refractivity contribution in [1.82, 2.24) is 25.1 Å². The summed E-state index contributed by atoms with van der Waals surface area (Å²) in [5.74, 6) is -1.97. The van der Waals surface area contributed by atoms with Gasteiger partial charge in [0.1, 0.15) is 28.5 Å². The molecule has 0 spiro atoms. The Morgan fingerprint density at radius 3 is 2.57 bits per heavy atom. The van der Waals surface area contributed by atoms with Crippen molar-refractivity contribution in [2.24, 2.45) is 5.73 Å². The molecule has 3 atom stereocenters. The molecular formula is C28H22F6N6O5S. The van der Waals surface area contributed by atoms with Crippen LogP contribution in [0.2, 0.25) is 0 Å². The number of aliphatic hydroxyl groups is 1. The van der Waals surface area contributed by atoms with Gasteiger partial charge in [0.25, 0.3) is 5.91 Å². The number of hydrogen-bond donors (Lipinski definition) is 3. The Hall–Kier alpha value is -4.45. The van der Waals surface area contributed by atoms with Gasteiger partial charge in [-0.1, -0.05) is 0 Å². The zero-order valence-electron chi connectivity index (χ0n) is 23.5. The number of carbonyl (C=O) groups excluding carboxylic acids is 2. The third-order valence-corrected chi connectivity index (χ3v) is 9.47. The van der Waals surface area contributed by atoms with Crippen molar-refractivity contribution in [3.8, 4) is 22.1 Å². The summed E-state index contributed by atoms with van der Waals surface area (Å²) in [6.45, 7) is -1.45. The van der Waals surface area contributed by atoms with E-state index in [0.717, 1.165) is 25.1 Å². The second-order valence-corrected chi connectivity index (χ2v) is 12.4. The lowest BCUT2D eigenvalue weighted by Gasteiger charge is -2.31. The third-order valence-electron chi connectivity index (χ3n) is 8.42. The number of fused-ring (bicyclic) bond motifs is 4. The lowest BCUT2D eigenvalue weighted by atomic mass is 9.89. The molecule has 0 radical (unpaired) electrons. The van der Waals surface area contributed by atoms with Crippen LogP contribution < -0.4 is 20.5 Å². The summed E-state index contributed by atoms with van der Waals surface area (Å²) in [6, 6.07) is 3.71. The van der Waals surface area contributed by atoms with Gasteiger partial charge in [0.15, 0.2) is 10.8 Å². The molecule has 4 aromatic rings. The minimum atomic E-state index is -5.47. The van der Waals surface area contributed by atoms with Gasteiger partial charge in [-0.05, 0) is 31.0 Å². The third kappa shape index (κ3) is 4.56. The summed E-state index contributed by atoms with van der Waals surface area (Å²) < 4.78 is 96.9.